The monoisotopic (exact) mass is 360 g/mol. The Morgan fingerprint density at radius 3 is 2.85 bits per heavy atom. The van der Waals surface area contributed by atoms with Gasteiger partial charge in [-0.2, -0.15) is 18.3 Å². The first kappa shape index (κ1) is 16.6. The lowest BCUT2D eigenvalue weighted by molar-refractivity contribution is -0.142. The molecule has 1 aliphatic rings. The lowest BCUT2D eigenvalue weighted by Gasteiger charge is -2.14. The molecule has 0 fully saturated rings. The van der Waals surface area contributed by atoms with Crippen LogP contribution in [0.2, 0.25) is 0 Å². The number of fused-ring (bicyclic) bond motifs is 2. The summed E-state index contributed by atoms with van der Waals surface area (Å²) in [6.45, 7) is 1.46. The third-order valence-electron chi connectivity index (χ3n) is 4.57. The summed E-state index contributed by atoms with van der Waals surface area (Å²) in [5.41, 5.74) is 1.36. The fourth-order valence-corrected chi connectivity index (χ4v) is 3.39. The number of amides is 1. The van der Waals surface area contributed by atoms with Gasteiger partial charge < -0.3 is 5.32 Å². The van der Waals surface area contributed by atoms with Crippen molar-refractivity contribution >= 4 is 11.6 Å². The summed E-state index contributed by atoms with van der Waals surface area (Å²) in [4.78, 5) is 16.8. The van der Waals surface area contributed by atoms with Crippen LogP contribution in [0.15, 0.2) is 36.5 Å². The van der Waals surface area contributed by atoms with Crippen molar-refractivity contribution in [1.82, 2.24) is 19.9 Å². The fraction of sp³-hybridized carbons (Fsp3) is 0.278. The quantitative estimate of drug-likeness (QED) is 0.761. The first-order valence-corrected chi connectivity index (χ1v) is 8.16. The van der Waals surface area contributed by atoms with Crippen molar-refractivity contribution < 1.29 is 18.0 Å². The minimum absolute atomic E-state index is 0.0311. The zero-order valence-corrected chi connectivity index (χ0v) is 13.8. The predicted molar refractivity (Wildman–Crippen MR) is 87.7 cm³/mol. The number of nitrogens with one attached hydrogen (secondary N) is 1. The molecule has 26 heavy (non-hydrogen) atoms. The van der Waals surface area contributed by atoms with E-state index >= 15 is 0 Å². The molecule has 3 aromatic rings. The summed E-state index contributed by atoms with van der Waals surface area (Å²) in [5.74, 6) is -0.479. The van der Waals surface area contributed by atoms with Gasteiger partial charge in [0.25, 0.3) is 5.91 Å². The first-order chi connectivity index (χ1) is 12.3. The number of alkyl halides is 3. The molecule has 4 rings (SSSR count). The lowest BCUT2D eigenvalue weighted by Crippen LogP contribution is -2.27. The van der Waals surface area contributed by atoms with Crippen LogP contribution in [0.1, 0.15) is 45.3 Å². The zero-order valence-electron chi connectivity index (χ0n) is 13.8. The van der Waals surface area contributed by atoms with Gasteiger partial charge in [0.2, 0.25) is 0 Å². The van der Waals surface area contributed by atoms with Crippen molar-refractivity contribution in [3.63, 3.8) is 0 Å². The Bertz CT molecular complexity index is 1010. The maximum absolute atomic E-state index is 13.2. The predicted octanol–water partition coefficient (Wildman–Crippen LogP) is 3.47. The minimum Gasteiger partial charge on any atom is -0.345 e. The molecule has 1 aromatic carbocycles. The molecule has 0 aliphatic heterocycles. The van der Waals surface area contributed by atoms with E-state index in [-0.39, 0.29) is 22.9 Å². The normalized spacial score (nSPS) is 16.7. The van der Waals surface area contributed by atoms with Gasteiger partial charge in [-0.05, 0) is 37.0 Å². The molecule has 0 radical (unpaired) electrons. The van der Waals surface area contributed by atoms with Gasteiger partial charge >= 0.3 is 6.18 Å². The molecule has 1 aliphatic carbocycles. The van der Waals surface area contributed by atoms with E-state index in [1.54, 1.807) is 0 Å². The van der Waals surface area contributed by atoms with E-state index in [9.17, 15) is 18.0 Å². The number of rotatable bonds is 2. The number of hydrogen-bond donors (Lipinski definition) is 1. The van der Waals surface area contributed by atoms with Crippen molar-refractivity contribution in [3.05, 3.63) is 64.6 Å². The topological polar surface area (TPSA) is 59.3 Å². The standard InChI is InChI=1S/C18H15F3N4O/c1-10-8-15(18(19,20)21)25-16(23-10)13(9-22-25)17(26)24-14-7-6-11-4-2-3-5-12(11)14/h2-5,8-9,14H,6-7H2,1H3,(H,24,26)/t14-/m0/s1. The second-order valence-corrected chi connectivity index (χ2v) is 6.34. The molecule has 134 valence electrons. The summed E-state index contributed by atoms with van der Waals surface area (Å²) in [6.07, 6.45) is -1.85. The highest BCUT2D eigenvalue weighted by molar-refractivity contribution is 6.00. The Labute approximate surface area is 146 Å². The van der Waals surface area contributed by atoms with Crippen LogP contribution in [-0.2, 0) is 12.6 Å². The molecular formula is C18H15F3N4O. The number of aromatic nitrogens is 3. The van der Waals surface area contributed by atoms with Gasteiger partial charge in [-0.15, -0.1) is 0 Å². The summed E-state index contributed by atoms with van der Waals surface area (Å²) in [7, 11) is 0. The van der Waals surface area contributed by atoms with Crippen LogP contribution >= 0.6 is 0 Å². The van der Waals surface area contributed by atoms with Gasteiger partial charge in [-0.25, -0.2) is 9.50 Å². The summed E-state index contributed by atoms with van der Waals surface area (Å²) in [5, 5.41) is 6.63. The molecule has 5 nitrogen and oxygen atoms in total. The second kappa shape index (κ2) is 5.82. The van der Waals surface area contributed by atoms with Crippen molar-refractivity contribution in [1.29, 1.82) is 0 Å². The molecule has 0 bridgehead atoms. The Morgan fingerprint density at radius 2 is 2.08 bits per heavy atom. The highest BCUT2D eigenvalue weighted by Gasteiger charge is 2.35. The number of aryl methyl sites for hydroxylation is 2. The van der Waals surface area contributed by atoms with E-state index < -0.39 is 17.8 Å². The number of hydrogen-bond acceptors (Lipinski definition) is 3. The highest BCUT2D eigenvalue weighted by Crippen LogP contribution is 2.32. The first-order valence-electron chi connectivity index (χ1n) is 8.16. The van der Waals surface area contributed by atoms with Gasteiger partial charge in [0, 0.05) is 5.69 Å². The van der Waals surface area contributed by atoms with Gasteiger partial charge in [0.1, 0.15) is 11.3 Å². The number of halogens is 3. The summed E-state index contributed by atoms with van der Waals surface area (Å²) >= 11 is 0. The van der Waals surface area contributed by atoms with Crippen LogP contribution in [0.5, 0.6) is 0 Å². The average molecular weight is 360 g/mol. The van der Waals surface area contributed by atoms with Crippen LogP contribution < -0.4 is 5.32 Å². The van der Waals surface area contributed by atoms with E-state index in [4.69, 9.17) is 0 Å². The molecule has 2 aromatic heterocycles. The van der Waals surface area contributed by atoms with Gasteiger partial charge in [-0.3, -0.25) is 4.79 Å². The third kappa shape index (κ3) is 2.71. The summed E-state index contributed by atoms with van der Waals surface area (Å²) in [6, 6.07) is 8.55. The molecule has 8 heteroatoms. The van der Waals surface area contributed by atoms with Gasteiger partial charge in [0.15, 0.2) is 5.65 Å². The average Bonchev–Trinajstić information content (AvgIpc) is 3.17. The number of benzene rings is 1. The Hall–Kier alpha value is -2.90. The van der Waals surface area contributed by atoms with E-state index in [1.807, 2.05) is 24.3 Å². The van der Waals surface area contributed by atoms with Crippen LogP contribution in [0, 0.1) is 6.92 Å². The summed E-state index contributed by atoms with van der Waals surface area (Å²) < 4.78 is 40.3. The maximum Gasteiger partial charge on any atom is 0.433 e. The van der Waals surface area contributed by atoms with Crippen molar-refractivity contribution in [3.8, 4) is 0 Å². The van der Waals surface area contributed by atoms with Crippen molar-refractivity contribution in [2.75, 3.05) is 0 Å². The molecule has 0 spiro atoms. The number of nitrogens with zero attached hydrogens (tertiary/aromatic N) is 3. The Morgan fingerprint density at radius 1 is 1.31 bits per heavy atom. The van der Waals surface area contributed by atoms with E-state index in [2.05, 4.69) is 15.4 Å². The molecule has 2 heterocycles. The van der Waals surface area contributed by atoms with E-state index in [0.29, 0.717) is 4.52 Å². The molecule has 1 amide bonds. The van der Waals surface area contributed by atoms with Crippen LogP contribution in [-0.4, -0.2) is 20.5 Å². The molecule has 0 saturated heterocycles. The smallest absolute Gasteiger partial charge is 0.345 e. The zero-order chi connectivity index (χ0) is 18.5. The van der Waals surface area contributed by atoms with Gasteiger partial charge in [-0.1, -0.05) is 24.3 Å². The molecular weight excluding hydrogens is 345 g/mol. The van der Waals surface area contributed by atoms with Gasteiger partial charge in [0.05, 0.1) is 12.2 Å². The van der Waals surface area contributed by atoms with Crippen molar-refractivity contribution in [2.24, 2.45) is 0 Å². The van der Waals surface area contributed by atoms with Crippen LogP contribution in [0.25, 0.3) is 5.65 Å². The minimum atomic E-state index is -4.59. The third-order valence-corrected chi connectivity index (χ3v) is 4.57. The van der Waals surface area contributed by atoms with Crippen LogP contribution in [0.4, 0.5) is 13.2 Å². The largest absolute Gasteiger partial charge is 0.433 e. The highest BCUT2D eigenvalue weighted by atomic mass is 19.4. The molecule has 1 N–H and O–H groups in total. The Balaban J connectivity index is 1.69. The van der Waals surface area contributed by atoms with E-state index in [1.165, 1.54) is 12.5 Å². The molecule has 0 saturated carbocycles. The number of carbonyl (C=O) groups excluding carboxylic acids is 1. The van der Waals surface area contributed by atoms with Crippen LogP contribution in [0.3, 0.4) is 0 Å². The Kier molecular flexibility index (Phi) is 3.71. The SMILES string of the molecule is Cc1cc(C(F)(F)F)n2ncc(C(=O)N[C@H]3CCc4ccccc43)c2n1. The lowest BCUT2D eigenvalue weighted by atomic mass is 10.1. The fourth-order valence-electron chi connectivity index (χ4n) is 3.39. The van der Waals surface area contributed by atoms with E-state index in [0.717, 1.165) is 30.7 Å². The van der Waals surface area contributed by atoms with Crippen molar-refractivity contribution in [2.45, 2.75) is 32.0 Å². The maximum atomic E-state index is 13.2. The number of carbonyl (C=O) groups is 1. The molecule has 0 unspecified atom stereocenters. The second-order valence-electron chi connectivity index (χ2n) is 6.34. The molecule has 1 atom stereocenters.